The van der Waals surface area contributed by atoms with E-state index in [1.807, 2.05) is 18.2 Å². The molecule has 0 saturated carbocycles. The number of benzene rings is 3. The summed E-state index contributed by atoms with van der Waals surface area (Å²) in [6, 6.07) is 19.5. The van der Waals surface area contributed by atoms with Gasteiger partial charge in [0.05, 0.1) is 18.0 Å². The van der Waals surface area contributed by atoms with Crippen molar-refractivity contribution in [1.29, 1.82) is 0 Å². The van der Waals surface area contributed by atoms with Crippen LogP contribution in [-0.2, 0) is 17.4 Å². The molecule has 28 heavy (non-hydrogen) atoms. The van der Waals surface area contributed by atoms with Gasteiger partial charge in [0.1, 0.15) is 5.75 Å². The number of carbonyl (C=O) groups excluding carboxylic acids is 1. The average molecular weight is 385 g/mol. The van der Waals surface area contributed by atoms with E-state index in [0.29, 0.717) is 5.56 Å². The van der Waals surface area contributed by atoms with E-state index in [2.05, 4.69) is 5.32 Å². The zero-order valence-electron chi connectivity index (χ0n) is 14.8. The number of rotatable bonds is 5. The molecule has 0 saturated heterocycles. The molecule has 0 heterocycles. The Labute approximate surface area is 160 Å². The minimum atomic E-state index is -4.41. The Hall–Kier alpha value is -3.28. The summed E-state index contributed by atoms with van der Waals surface area (Å²) in [5.74, 6) is -0.171. The van der Waals surface area contributed by atoms with E-state index in [1.165, 1.54) is 24.3 Å². The van der Waals surface area contributed by atoms with E-state index in [4.69, 9.17) is 0 Å². The maximum atomic E-state index is 12.8. The Morgan fingerprint density at radius 1 is 0.857 bits per heavy atom. The average Bonchev–Trinajstić information content (AvgIpc) is 2.68. The molecule has 0 fully saturated rings. The molecule has 0 aliphatic heterocycles. The second-order valence-corrected chi connectivity index (χ2v) is 6.37. The highest BCUT2D eigenvalue weighted by atomic mass is 19.4. The number of phenolic OH excluding ortho intramolecular Hbond substituents is 1. The Balaban J connectivity index is 1.83. The molecular formula is C22H18F3NO2. The van der Waals surface area contributed by atoms with Crippen LogP contribution < -0.4 is 5.32 Å². The molecule has 3 nitrogen and oxygen atoms in total. The molecule has 1 unspecified atom stereocenters. The lowest BCUT2D eigenvalue weighted by atomic mass is 9.97. The summed E-state index contributed by atoms with van der Waals surface area (Å²) in [5, 5.41) is 12.2. The maximum Gasteiger partial charge on any atom is 0.416 e. The first-order valence-electron chi connectivity index (χ1n) is 8.62. The number of amides is 1. The van der Waals surface area contributed by atoms with Gasteiger partial charge in [-0.25, -0.2) is 0 Å². The lowest BCUT2D eigenvalue weighted by Gasteiger charge is -2.20. The molecule has 3 aromatic rings. The van der Waals surface area contributed by atoms with Crippen LogP contribution in [0, 0.1) is 0 Å². The minimum Gasteiger partial charge on any atom is -0.508 e. The number of phenols is 1. The number of hydrogen-bond donors (Lipinski definition) is 2. The molecule has 1 atom stereocenters. The number of hydrogen-bond acceptors (Lipinski definition) is 2. The van der Waals surface area contributed by atoms with Crippen LogP contribution in [0.25, 0.3) is 0 Å². The summed E-state index contributed by atoms with van der Waals surface area (Å²) in [4.78, 5) is 12.5. The highest BCUT2D eigenvalue weighted by Gasteiger charge is 2.30. The molecule has 0 spiro atoms. The largest absolute Gasteiger partial charge is 0.508 e. The van der Waals surface area contributed by atoms with Crippen molar-refractivity contribution < 1.29 is 23.1 Å². The topological polar surface area (TPSA) is 49.3 Å². The summed E-state index contributed by atoms with van der Waals surface area (Å²) >= 11 is 0. The molecule has 0 aromatic heterocycles. The van der Waals surface area contributed by atoms with Gasteiger partial charge in [0, 0.05) is 0 Å². The third-order valence-corrected chi connectivity index (χ3v) is 4.31. The summed E-state index contributed by atoms with van der Waals surface area (Å²) in [6.07, 6.45) is -4.33. The summed E-state index contributed by atoms with van der Waals surface area (Å²) in [7, 11) is 0. The molecule has 3 aromatic carbocycles. The van der Waals surface area contributed by atoms with Gasteiger partial charge < -0.3 is 10.4 Å². The van der Waals surface area contributed by atoms with Gasteiger partial charge in [-0.1, -0.05) is 54.6 Å². The lowest BCUT2D eigenvalue weighted by molar-refractivity contribution is -0.137. The van der Waals surface area contributed by atoms with E-state index >= 15 is 0 Å². The molecule has 6 heteroatoms. The van der Waals surface area contributed by atoms with Gasteiger partial charge >= 0.3 is 6.18 Å². The van der Waals surface area contributed by atoms with Crippen LogP contribution in [-0.4, -0.2) is 11.0 Å². The molecule has 3 rings (SSSR count). The number of halogens is 3. The van der Waals surface area contributed by atoms with Gasteiger partial charge in [-0.2, -0.15) is 13.2 Å². The van der Waals surface area contributed by atoms with Gasteiger partial charge in [-0.3, -0.25) is 4.79 Å². The van der Waals surface area contributed by atoms with Crippen molar-refractivity contribution in [3.8, 4) is 5.75 Å². The van der Waals surface area contributed by atoms with Crippen molar-refractivity contribution in [3.63, 3.8) is 0 Å². The second kappa shape index (κ2) is 8.17. The molecule has 0 radical (unpaired) electrons. The first-order valence-corrected chi connectivity index (χ1v) is 8.62. The smallest absolute Gasteiger partial charge is 0.416 e. The highest BCUT2D eigenvalue weighted by Crippen LogP contribution is 2.31. The normalized spacial score (nSPS) is 12.4. The molecule has 0 aliphatic rings. The zero-order chi connectivity index (χ0) is 20.1. The van der Waals surface area contributed by atoms with Gasteiger partial charge in [0.2, 0.25) is 5.91 Å². The predicted molar refractivity (Wildman–Crippen MR) is 99.7 cm³/mol. The van der Waals surface area contributed by atoms with Crippen LogP contribution in [0.1, 0.15) is 28.3 Å². The van der Waals surface area contributed by atoms with Crippen molar-refractivity contribution >= 4 is 5.91 Å². The van der Waals surface area contributed by atoms with Gasteiger partial charge in [-0.15, -0.1) is 0 Å². The van der Waals surface area contributed by atoms with Gasteiger partial charge in [-0.05, 0) is 41.0 Å². The maximum absolute atomic E-state index is 12.8. The second-order valence-electron chi connectivity index (χ2n) is 6.37. The molecule has 0 aliphatic carbocycles. The summed E-state index contributed by atoms with van der Waals surface area (Å²) in [6.45, 7) is 0. The molecule has 144 valence electrons. The quantitative estimate of drug-likeness (QED) is 0.659. The Morgan fingerprint density at radius 2 is 1.43 bits per heavy atom. The predicted octanol–water partition coefficient (Wildman–Crippen LogP) is 4.86. The van der Waals surface area contributed by atoms with E-state index in [1.54, 1.807) is 24.3 Å². The van der Waals surface area contributed by atoms with Crippen molar-refractivity contribution in [2.24, 2.45) is 0 Å². The first-order chi connectivity index (χ1) is 13.3. The van der Waals surface area contributed by atoms with Crippen LogP contribution in [0.15, 0.2) is 78.9 Å². The van der Waals surface area contributed by atoms with E-state index in [-0.39, 0.29) is 18.1 Å². The van der Waals surface area contributed by atoms with Crippen LogP contribution in [0.2, 0.25) is 0 Å². The minimum absolute atomic E-state index is 0.0875. The van der Waals surface area contributed by atoms with Crippen molar-refractivity contribution in [2.45, 2.75) is 18.6 Å². The third-order valence-electron chi connectivity index (χ3n) is 4.31. The molecule has 0 bridgehead atoms. The zero-order valence-corrected chi connectivity index (χ0v) is 14.8. The third kappa shape index (κ3) is 4.91. The highest BCUT2D eigenvalue weighted by molar-refractivity contribution is 5.79. The Kier molecular flexibility index (Phi) is 5.68. The fraction of sp³-hybridized carbons (Fsp3) is 0.136. The molecular weight excluding hydrogens is 367 g/mol. The van der Waals surface area contributed by atoms with Gasteiger partial charge in [0.25, 0.3) is 0 Å². The number of aromatic hydroxyl groups is 1. The van der Waals surface area contributed by atoms with Crippen molar-refractivity contribution in [2.75, 3.05) is 0 Å². The van der Waals surface area contributed by atoms with Crippen molar-refractivity contribution in [1.82, 2.24) is 5.32 Å². The van der Waals surface area contributed by atoms with Crippen LogP contribution >= 0.6 is 0 Å². The SMILES string of the molecule is O=C(Cc1ccc(O)cc1)NC(c1ccccc1)c1ccc(C(F)(F)F)cc1. The number of nitrogens with one attached hydrogen (secondary N) is 1. The van der Waals surface area contributed by atoms with Crippen LogP contribution in [0.4, 0.5) is 13.2 Å². The standard InChI is InChI=1S/C22H18F3NO2/c23-22(24,25)18-10-8-17(9-11-18)21(16-4-2-1-3-5-16)26-20(28)14-15-6-12-19(27)13-7-15/h1-13,21,27H,14H2,(H,26,28). The van der Waals surface area contributed by atoms with Gasteiger partial charge in [0.15, 0.2) is 0 Å². The fourth-order valence-corrected chi connectivity index (χ4v) is 2.88. The summed E-state index contributed by atoms with van der Waals surface area (Å²) < 4.78 is 38.5. The number of carbonyl (C=O) groups is 1. The lowest BCUT2D eigenvalue weighted by Crippen LogP contribution is -2.30. The monoisotopic (exact) mass is 385 g/mol. The Bertz CT molecular complexity index is 921. The first kappa shape index (κ1) is 19.5. The van der Waals surface area contributed by atoms with Crippen LogP contribution in [0.3, 0.4) is 0 Å². The fourth-order valence-electron chi connectivity index (χ4n) is 2.88. The molecule has 1 amide bonds. The summed E-state index contributed by atoms with van der Waals surface area (Å²) in [5.41, 5.74) is 1.30. The van der Waals surface area contributed by atoms with E-state index < -0.39 is 17.8 Å². The van der Waals surface area contributed by atoms with E-state index in [0.717, 1.165) is 23.3 Å². The number of alkyl halides is 3. The van der Waals surface area contributed by atoms with E-state index in [9.17, 15) is 23.1 Å². The Morgan fingerprint density at radius 3 is 2.00 bits per heavy atom. The molecule has 2 N–H and O–H groups in total. The van der Waals surface area contributed by atoms with Crippen molar-refractivity contribution in [3.05, 3.63) is 101 Å². The van der Waals surface area contributed by atoms with Crippen LogP contribution in [0.5, 0.6) is 5.75 Å².